The number of hydrogen-bond acceptors (Lipinski definition) is 3. The molecule has 0 heterocycles. The van der Waals surface area contributed by atoms with Crippen molar-refractivity contribution in [3.63, 3.8) is 0 Å². The SMILES string of the molecule is CCC(C)C(=NC)NNN(C)C(C)C. The summed E-state index contributed by atoms with van der Waals surface area (Å²) in [5.41, 5.74) is 6.23. The van der Waals surface area contributed by atoms with Crippen LogP contribution in [0, 0.1) is 5.92 Å². The number of nitrogens with one attached hydrogen (secondary N) is 2. The van der Waals surface area contributed by atoms with Crippen LogP contribution in [-0.4, -0.2) is 31.0 Å². The van der Waals surface area contributed by atoms with Gasteiger partial charge in [-0.05, 0) is 20.3 Å². The molecule has 4 nitrogen and oxygen atoms in total. The maximum absolute atomic E-state index is 4.21. The van der Waals surface area contributed by atoms with Crippen LogP contribution in [0.15, 0.2) is 4.99 Å². The van der Waals surface area contributed by atoms with Crippen molar-refractivity contribution in [1.29, 1.82) is 0 Å². The molecule has 4 heteroatoms. The molecule has 0 aromatic carbocycles. The molecule has 2 N–H and O–H groups in total. The Labute approximate surface area is 87.7 Å². The predicted octanol–water partition coefficient (Wildman–Crippen LogP) is 1.41. The van der Waals surface area contributed by atoms with Crippen molar-refractivity contribution in [3.05, 3.63) is 0 Å². The van der Waals surface area contributed by atoms with Crippen LogP contribution in [0.3, 0.4) is 0 Å². The average molecular weight is 200 g/mol. The molecule has 1 unspecified atom stereocenters. The number of hydrogen-bond donors (Lipinski definition) is 2. The first-order valence-corrected chi connectivity index (χ1v) is 5.24. The summed E-state index contributed by atoms with van der Waals surface area (Å²) >= 11 is 0. The van der Waals surface area contributed by atoms with Gasteiger partial charge in [0.25, 0.3) is 0 Å². The van der Waals surface area contributed by atoms with E-state index in [2.05, 4.69) is 43.6 Å². The van der Waals surface area contributed by atoms with Gasteiger partial charge in [-0.25, -0.2) is 5.01 Å². The van der Waals surface area contributed by atoms with Crippen molar-refractivity contribution in [2.45, 2.75) is 40.2 Å². The van der Waals surface area contributed by atoms with Crippen LogP contribution in [0.1, 0.15) is 34.1 Å². The molecule has 0 radical (unpaired) electrons. The Morgan fingerprint density at radius 1 is 1.36 bits per heavy atom. The molecule has 0 aromatic heterocycles. The molecular weight excluding hydrogens is 176 g/mol. The zero-order valence-corrected chi connectivity index (χ0v) is 10.3. The monoisotopic (exact) mass is 200 g/mol. The lowest BCUT2D eigenvalue weighted by molar-refractivity contribution is 0.169. The van der Waals surface area contributed by atoms with Crippen LogP contribution in [-0.2, 0) is 0 Å². The van der Waals surface area contributed by atoms with Crippen LogP contribution >= 0.6 is 0 Å². The molecule has 0 amide bonds. The van der Waals surface area contributed by atoms with Crippen LogP contribution in [0.4, 0.5) is 0 Å². The molecule has 0 spiro atoms. The summed E-state index contributed by atoms with van der Waals surface area (Å²) in [5, 5.41) is 2.01. The summed E-state index contributed by atoms with van der Waals surface area (Å²) in [6, 6.07) is 0.456. The standard InChI is InChI=1S/C10H24N4/c1-7-9(4)10(11-5)12-13-14(6)8(2)3/h8-9,13H,7H2,1-6H3,(H,11,12). The summed E-state index contributed by atoms with van der Waals surface area (Å²) in [7, 11) is 3.81. The van der Waals surface area contributed by atoms with Gasteiger partial charge in [0, 0.05) is 26.1 Å². The van der Waals surface area contributed by atoms with E-state index in [1.165, 1.54) is 0 Å². The van der Waals surface area contributed by atoms with E-state index in [0.717, 1.165) is 12.3 Å². The van der Waals surface area contributed by atoms with Crippen LogP contribution in [0.25, 0.3) is 0 Å². The number of amidine groups is 1. The molecule has 0 aliphatic carbocycles. The minimum Gasteiger partial charge on any atom is -0.296 e. The highest BCUT2D eigenvalue weighted by molar-refractivity contribution is 5.83. The predicted molar refractivity (Wildman–Crippen MR) is 62.0 cm³/mol. The normalized spacial score (nSPS) is 15.0. The van der Waals surface area contributed by atoms with E-state index in [0.29, 0.717) is 12.0 Å². The zero-order valence-electron chi connectivity index (χ0n) is 10.3. The maximum atomic E-state index is 4.21. The van der Waals surface area contributed by atoms with Gasteiger partial charge < -0.3 is 0 Å². The third-order valence-electron chi connectivity index (χ3n) is 2.45. The van der Waals surface area contributed by atoms with Crippen molar-refractivity contribution < 1.29 is 0 Å². The lowest BCUT2D eigenvalue weighted by atomic mass is 10.1. The van der Waals surface area contributed by atoms with Gasteiger partial charge in [0.1, 0.15) is 5.84 Å². The lowest BCUT2D eigenvalue weighted by Crippen LogP contribution is -2.51. The Hall–Kier alpha value is -0.610. The fourth-order valence-corrected chi connectivity index (χ4v) is 0.867. The number of aliphatic imine (C=N–C) groups is 1. The quantitative estimate of drug-likeness (QED) is 0.400. The Balaban J connectivity index is 3.97. The third kappa shape index (κ3) is 4.58. The summed E-state index contributed by atoms with van der Waals surface area (Å²) < 4.78 is 0. The Bertz CT molecular complexity index is 177. The largest absolute Gasteiger partial charge is 0.296 e. The fourth-order valence-electron chi connectivity index (χ4n) is 0.867. The van der Waals surface area contributed by atoms with Crippen molar-refractivity contribution in [1.82, 2.24) is 16.0 Å². The van der Waals surface area contributed by atoms with Crippen molar-refractivity contribution in [2.24, 2.45) is 10.9 Å². The van der Waals surface area contributed by atoms with Crippen LogP contribution < -0.4 is 11.0 Å². The highest BCUT2D eigenvalue weighted by Crippen LogP contribution is 2.00. The van der Waals surface area contributed by atoms with E-state index in [1.807, 2.05) is 19.1 Å². The summed E-state index contributed by atoms with van der Waals surface area (Å²) in [4.78, 5) is 4.21. The van der Waals surface area contributed by atoms with Crippen LogP contribution in [0.5, 0.6) is 0 Å². The fraction of sp³-hybridized carbons (Fsp3) is 0.900. The Morgan fingerprint density at radius 3 is 2.29 bits per heavy atom. The molecule has 0 aliphatic heterocycles. The molecule has 0 saturated heterocycles. The second-order valence-electron chi connectivity index (χ2n) is 3.86. The van der Waals surface area contributed by atoms with Gasteiger partial charge in [0.05, 0.1) is 0 Å². The molecule has 14 heavy (non-hydrogen) atoms. The minimum absolute atomic E-state index is 0.456. The average Bonchev–Trinajstić information content (AvgIpc) is 2.17. The van der Waals surface area contributed by atoms with E-state index >= 15 is 0 Å². The van der Waals surface area contributed by atoms with Crippen molar-refractivity contribution in [2.75, 3.05) is 14.1 Å². The van der Waals surface area contributed by atoms with E-state index in [9.17, 15) is 0 Å². The van der Waals surface area contributed by atoms with E-state index < -0.39 is 0 Å². The summed E-state index contributed by atoms with van der Waals surface area (Å²) in [6.45, 7) is 8.57. The Morgan fingerprint density at radius 2 is 1.93 bits per heavy atom. The second-order valence-corrected chi connectivity index (χ2v) is 3.86. The second kappa shape index (κ2) is 6.79. The smallest absolute Gasteiger partial charge is 0.114 e. The topological polar surface area (TPSA) is 39.7 Å². The third-order valence-corrected chi connectivity index (χ3v) is 2.45. The summed E-state index contributed by atoms with van der Waals surface area (Å²) in [6.07, 6.45) is 1.09. The van der Waals surface area contributed by atoms with E-state index in [1.54, 1.807) is 0 Å². The lowest BCUT2D eigenvalue weighted by Gasteiger charge is -2.25. The first-order chi connectivity index (χ1) is 6.52. The van der Waals surface area contributed by atoms with Gasteiger partial charge in [-0.2, -0.15) is 5.53 Å². The number of nitrogens with zero attached hydrogens (tertiary/aromatic N) is 2. The zero-order chi connectivity index (χ0) is 11.1. The first kappa shape index (κ1) is 13.4. The van der Waals surface area contributed by atoms with Gasteiger partial charge in [0.15, 0.2) is 0 Å². The minimum atomic E-state index is 0.456. The highest BCUT2D eigenvalue weighted by Gasteiger charge is 2.08. The molecular formula is C10H24N4. The summed E-state index contributed by atoms with van der Waals surface area (Å²) in [5.74, 6) is 1.47. The molecule has 0 bridgehead atoms. The first-order valence-electron chi connectivity index (χ1n) is 5.24. The molecule has 0 fully saturated rings. The Kier molecular flexibility index (Phi) is 6.49. The van der Waals surface area contributed by atoms with E-state index in [4.69, 9.17) is 0 Å². The number of rotatable bonds is 5. The molecule has 0 aromatic rings. The van der Waals surface area contributed by atoms with E-state index in [-0.39, 0.29) is 0 Å². The maximum Gasteiger partial charge on any atom is 0.114 e. The van der Waals surface area contributed by atoms with Gasteiger partial charge in [-0.1, -0.05) is 13.8 Å². The molecule has 0 saturated carbocycles. The van der Waals surface area contributed by atoms with Gasteiger partial charge in [-0.3, -0.25) is 10.4 Å². The van der Waals surface area contributed by atoms with Gasteiger partial charge in [-0.15, -0.1) is 0 Å². The molecule has 0 rings (SSSR count). The molecule has 1 atom stereocenters. The van der Waals surface area contributed by atoms with Crippen molar-refractivity contribution in [3.8, 4) is 0 Å². The van der Waals surface area contributed by atoms with Gasteiger partial charge in [0.2, 0.25) is 0 Å². The molecule has 84 valence electrons. The van der Waals surface area contributed by atoms with Gasteiger partial charge >= 0.3 is 0 Å². The highest BCUT2D eigenvalue weighted by atomic mass is 15.7. The van der Waals surface area contributed by atoms with Crippen LogP contribution in [0.2, 0.25) is 0 Å². The molecule has 0 aliphatic rings. The van der Waals surface area contributed by atoms with Crippen molar-refractivity contribution >= 4 is 5.84 Å². The number of hydrazine groups is 2.